The van der Waals surface area contributed by atoms with Gasteiger partial charge in [-0.1, -0.05) is 5.21 Å². The molecule has 0 fully saturated rings. The van der Waals surface area contributed by atoms with Gasteiger partial charge >= 0.3 is 0 Å². The van der Waals surface area contributed by atoms with E-state index in [1.165, 1.54) is 16.8 Å². The molecule has 0 saturated heterocycles. The number of nitro groups is 1. The van der Waals surface area contributed by atoms with Gasteiger partial charge in [-0.15, -0.1) is 16.7 Å². The van der Waals surface area contributed by atoms with Gasteiger partial charge in [-0.05, 0) is 11.6 Å². The van der Waals surface area contributed by atoms with Gasteiger partial charge in [0.25, 0.3) is 5.69 Å². The van der Waals surface area contributed by atoms with Crippen molar-refractivity contribution in [3.05, 3.63) is 51.6 Å². The lowest BCUT2D eigenvalue weighted by Gasteiger charge is -2.01. The first kappa shape index (κ1) is 13.4. The molecule has 0 aliphatic heterocycles. The van der Waals surface area contributed by atoms with Crippen LogP contribution in [-0.2, 0) is 13.0 Å². The van der Waals surface area contributed by atoms with Crippen molar-refractivity contribution in [3.8, 4) is 0 Å². The fraction of sp³-hybridized carbons (Fsp3) is 0.273. The quantitative estimate of drug-likeness (QED) is 0.479. The van der Waals surface area contributed by atoms with Crippen molar-refractivity contribution < 1.29 is 9.31 Å². The molecule has 0 unspecified atom stereocenters. The summed E-state index contributed by atoms with van der Waals surface area (Å²) in [5.41, 5.74) is 0.894. The minimum absolute atomic E-state index is 0.216. The molecule has 0 atom stereocenters. The maximum absolute atomic E-state index is 13.2. The van der Waals surface area contributed by atoms with Crippen molar-refractivity contribution in [2.75, 3.05) is 5.88 Å². The summed E-state index contributed by atoms with van der Waals surface area (Å²) in [6, 6.07) is 3.42. The van der Waals surface area contributed by atoms with Crippen LogP contribution < -0.4 is 0 Å². The summed E-state index contributed by atoms with van der Waals surface area (Å²) < 4.78 is 14.7. The highest BCUT2D eigenvalue weighted by atomic mass is 35.5. The van der Waals surface area contributed by atoms with Gasteiger partial charge in [0.2, 0.25) is 0 Å². The third kappa shape index (κ3) is 3.47. The maximum Gasteiger partial charge on any atom is 0.272 e. The molecule has 2 rings (SSSR count). The first-order chi connectivity index (χ1) is 9.08. The predicted octanol–water partition coefficient (Wildman–Crippen LogP) is 2.15. The van der Waals surface area contributed by atoms with Crippen LogP contribution in [0.3, 0.4) is 0 Å². The van der Waals surface area contributed by atoms with Crippen molar-refractivity contribution in [1.82, 2.24) is 15.0 Å². The Hall–Kier alpha value is -2.02. The number of aryl methyl sites for hydroxylation is 1. The van der Waals surface area contributed by atoms with Crippen LogP contribution in [0.4, 0.5) is 10.1 Å². The lowest BCUT2D eigenvalue weighted by molar-refractivity contribution is -0.385. The van der Waals surface area contributed by atoms with Crippen LogP contribution >= 0.6 is 11.6 Å². The number of benzene rings is 1. The van der Waals surface area contributed by atoms with E-state index in [9.17, 15) is 14.5 Å². The van der Waals surface area contributed by atoms with Crippen molar-refractivity contribution in [2.24, 2.45) is 0 Å². The highest BCUT2D eigenvalue weighted by molar-refractivity contribution is 6.17. The largest absolute Gasteiger partial charge is 0.272 e. The second-order valence-electron chi connectivity index (χ2n) is 3.92. The van der Waals surface area contributed by atoms with Gasteiger partial charge in [-0.3, -0.25) is 10.1 Å². The number of alkyl halides is 1. The third-order valence-corrected chi connectivity index (χ3v) is 2.62. The number of nitro benzene ring substituents is 1. The van der Waals surface area contributed by atoms with Crippen molar-refractivity contribution >= 4 is 17.3 Å². The first-order valence-corrected chi connectivity index (χ1v) is 6.01. The van der Waals surface area contributed by atoms with E-state index in [-0.39, 0.29) is 12.2 Å². The van der Waals surface area contributed by atoms with E-state index in [4.69, 9.17) is 11.6 Å². The Morgan fingerprint density at radius 1 is 1.42 bits per heavy atom. The van der Waals surface area contributed by atoms with Gasteiger partial charge < -0.3 is 0 Å². The van der Waals surface area contributed by atoms with Crippen LogP contribution in [0.1, 0.15) is 11.3 Å². The minimum atomic E-state index is -0.648. The van der Waals surface area contributed by atoms with E-state index in [0.29, 0.717) is 17.9 Å². The lowest BCUT2D eigenvalue weighted by atomic mass is 10.2. The Kier molecular flexibility index (Phi) is 4.06. The number of hydrogen-bond donors (Lipinski definition) is 0. The molecule has 2 aromatic rings. The average molecular weight is 285 g/mol. The minimum Gasteiger partial charge on any atom is -0.258 e. The molecule has 1 heterocycles. The van der Waals surface area contributed by atoms with Gasteiger partial charge in [0.15, 0.2) is 0 Å². The van der Waals surface area contributed by atoms with Crippen LogP contribution in [0.2, 0.25) is 0 Å². The second kappa shape index (κ2) is 5.75. The van der Waals surface area contributed by atoms with Gasteiger partial charge in [-0.2, -0.15) is 0 Å². The normalized spacial score (nSPS) is 10.6. The maximum atomic E-state index is 13.2. The van der Waals surface area contributed by atoms with Crippen LogP contribution in [-0.4, -0.2) is 25.8 Å². The summed E-state index contributed by atoms with van der Waals surface area (Å²) in [5.74, 6) is -0.213. The summed E-state index contributed by atoms with van der Waals surface area (Å²) in [5, 5.41) is 18.4. The summed E-state index contributed by atoms with van der Waals surface area (Å²) in [6.07, 6.45) is 2.27. The number of hydrogen-bond acceptors (Lipinski definition) is 4. The Bertz CT molecular complexity index is 602. The molecule has 100 valence electrons. The molecule has 1 aromatic carbocycles. The van der Waals surface area contributed by atoms with Gasteiger partial charge in [0.05, 0.1) is 23.2 Å². The van der Waals surface area contributed by atoms with E-state index >= 15 is 0 Å². The fourth-order valence-corrected chi connectivity index (χ4v) is 1.84. The van der Waals surface area contributed by atoms with Crippen molar-refractivity contribution in [2.45, 2.75) is 13.0 Å². The number of halogens is 2. The molecule has 19 heavy (non-hydrogen) atoms. The number of rotatable bonds is 5. The molecule has 0 bridgehead atoms. The van der Waals surface area contributed by atoms with E-state index in [1.807, 2.05) is 0 Å². The molecule has 1 aromatic heterocycles. The monoisotopic (exact) mass is 284 g/mol. The first-order valence-electron chi connectivity index (χ1n) is 5.47. The summed E-state index contributed by atoms with van der Waals surface area (Å²) in [4.78, 5) is 10.0. The van der Waals surface area contributed by atoms with Crippen LogP contribution in [0.15, 0.2) is 24.4 Å². The molecule has 0 radical (unpaired) electrons. The standard InChI is InChI=1S/C11H10ClFN4O2/c12-2-1-10-7-16(15-14-10)6-8-3-9(13)5-11(4-8)17(18)19/h3-5,7H,1-2,6H2. The van der Waals surface area contributed by atoms with Crippen LogP contribution in [0, 0.1) is 15.9 Å². The molecule has 0 aliphatic carbocycles. The highest BCUT2D eigenvalue weighted by Gasteiger charge is 2.10. The number of aromatic nitrogens is 3. The van der Waals surface area contributed by atoms with Crippen molar-refractivity contribution in [3.63, 3.8) is 0 Å². The van der Waals surface area contributed by atoms with E-state index in [0.717, 1.165) is 11.8 Å². The van der Waals surface area contributed by atoms with E-state index < -0.39 is 10.7 Å². The lowest BCUT2D eigenvalue weighted by Crippen LogP contribution is -2.02. The SMILES string of the molecule is O=[N+]([O-])c1cc(F)cc(Cn2cc(CCCl)nn2)c1. The summed E-state index contributed by atoms with van der Waals surface area (Å²) in [7, 11) is 0. The Labute approximate surface area is 113 Å². The Morgan fingerprint density at radius 3 is 2.89 bits per heavy atom. The molecule has 0 aliphatic rings. The van der Waals surface area contributed by atoms with E-state index in [2.05, 4.69) is 10.3 Å². The molecule has 0 spiro atoms. The number of nitrogens with zero attached hydrogens (tertiary/aromatic N) is 4. The molecular formula is C11H10ClFN4O2. The van der Waals surface area contributed by atoms with Crippen LogP contribution in [0.25, 0.3) is 0 Å². The molecule has 6 nitrogen and oxygen atoms in total. The average Bonchev–Trinajstić information content (AvgIpc) is 2.76. The topological polar surface area (TPSA) is 73.8 Å². The predicted molar refractivity (Wildman–Crippen MR) is 66.6 cm³/mol. The summed E-state index contributed by atoms with van der Waals surface area (Å²) in [6.45, 7) is 0.216. The number of non-ortho nitro benzene ring substituents is 1. The van der Waals surface area contributed by atoms with Crippen molar-refractivity contribution in [1.29, 1.82) is 0 Å². The zero-order valence-electron chi connectivity index (χ0n) is 9.79. The Morgan fingerprint density at radius 2 is 2.21 bits per heavy atom. The molecule has 0 amide bonds. The highest BCUT2D eigenvalue weighted by Crippen LogP contribution is 2.17. The molecule has 0 saturated carbocycles. The smallest absolute Gasteiger partial charge is 0.258 e. The van der Waals surface area contributed by atoms with E-state index in [1.54, 1.807) is 6.20 Å². The molecule has 0 N–H and O–H groups in total. The van der Waals surface area contributed by atoms with Gasteiger partial charge in [-0.25, -0.2) is 9.07 Å². The zero-order chi connectivity index (χ0) is 13.8. The van der Waals surface area contributed by atoms with Crippen LogP contribution in [0.5, 0.6) is 0 Å². The third-order valence-electron chi connectivity index (χ3n) is 2.43. The summed E-state index contributed by atoms with van der Waals surface area (Å²) >= 11 is 5.58. The van der Waals surface area contributed by atoms with Gasteiger partial charge in [0, 0.05) is 24.6 Å². The fourth-order valence-electron chi connectivity index (χ4n) is 1.64. The second-order valence-corrected chi connectivity index (χ2v) is 4.30. The Balaban J connectivity index is 2.19. The molecular weight excluding hydrogens is 275 g/mol. The van der Waals surface area contributed by atoms with Gasteiger partial charge in [0.1, 0.15) is 5.82 Å². The zero-order valence-corrected chi connectivity index (χ0v) is 10.5. The molecule has 8 heteroatoms.